The quantitative estimate of drug-likeness (QED) is 0.672. The highest BCUT2D eigenvalue weighted by molar-refractivity contribution is 7.17. The van der Waals surface area contributed by atoms with Gasteiger partial charge in [-0.15, -0.1) is 11.3 Å². The minimum atomic E-state index is 0.385. The Kier molecular flexibility index (Phi) is 5.37. The molecule has 138 valence electrons. The first-order valence-corrected chi connectivity index (χ1v) is 9.68. The van der Waals surface area contributed by atoms with Gasteiger partial charge < -0.3 is 19.5 Å². The van der Waals surface area contributed by atoms with Crippen LogP contribution in [0.2, 0.25) is 0 Å². The zero-order valence-electron chi connectivity index (χ0n) is 14.7. The van der Waals surface area contributed by atoms with Gasteiger partial charge in [-0.25, -0.2) is 9.97 Å². The fourth-order valence-corrected chi connectivity index (χ4v) is 4.12. The van der Waals surface area contributed by atoms with E-state index in [0.29, 0.717) is 24.4 Å². The average molecular weight is 374 g/mol. The lowest BCUT2D eigenvalue weighted by molar-refractivity contribution is 0.174. The average Bonchev–Trinajstić information content (AvgIpc) is 3.32. The number of hydrogen-bond acceptors (Lipinski definition) is 9. The molecule has 0 unspecified atom stereocenters. The van der Waals surface area contributed by atoms with E-state index in [1.54, 1.807) is 24.8 Å². The van der Waals surface area contributed by atoms with Gasteiger partial charge in [0, 0.05) is 39.2 Å². The Balaban J connectivity index is 1.25. The molecule has 0 aliphatic carbocycles. The second kappa shape index (κ2) is 8.07. The molecule has 4 rings (SSSR count). The normalized spacial score (nSPS) is 15.8. The third-order valence-electron chi connectivity index (χ3n) is 4.57. The molecule has 1 aliphatic rings. The first-order chi connectivity index (χ1) is 12.8. The molecular weight excluding hydrogens is 352 g/mol. The van der Waals surface area contributed by atoms with Crippen LogP contribution in [0.5, 0.6) is 0 Å². The monoisotopic (exact) mass is 374 g/mol. The molecule has 0 atom stereocenters. The molecule has 0 amide bonds. The summed E-state index contributed by atoms with van der Waals surface area (Å²) in [5.74, 6) is 2.32. The second-order valence-corrected chi connectivity index (χ2v) is 7.25. The minimum absolute atomic E-state index is 0.385. The molecule has 0 radical (unpaired) electrons. The number of thiophene rings is 1. The van der Waals surface area contributed by atoms with E-state index in [1.807, 2.05) is 0 Å². The van der Waals surface area contributed by atoms with Gasteiger partial charge in [0.05, 0.1) is 10.2 Å². The summed E-state index contributed by atoms with van der Waals surface area (Å²) in [7, 11) is 1.62. The van der Waals surface area contributed by atoms with Gasteiger partial charge >= 0.3 is 0 Å². The van der Waals surface area contributed by atoms with Crippen molar-refractivity contribution in [2.75, 3.05) is 31.6 Å². The number of anilines is 1. The van der Waals surface area contributed by atoms with Crippen molar-refractivity contribution in [2.24, 2.45) is 0 Å². The van der Waals surface area contributed by atoms with Crippen LogP contribution in [-0.4, -0.2) is 52.9 Å². The highest BCUT2D eigenvalue weighted by atomic mass is 32.1. The molecule has 0 spiro atoms. The number of methoxy groups -OCH3 is 1. The first-order valence-electron chi connectivity index (χ1n) is 8.80. The van der Waals surface area contributed by atoms with Gasteiger partial charge in [-0.3, -0.25) is 0 Å². The standard InChI is InChI=1S/C17H22N6O2S/c1-24-10-14-21-15(25-22-14)2-6-18-12-3-7-23(8-4-12)17-16-13(5-9-26-16)19-11-20-17/h5,9,11-12,18H,2-4,6-8,10H2,1H3. The number of aromatic nitrogens is 4. The van der Waals surface area contributed by atoms with Crippen molar-refractivity contribution in [1.82, 2.24) is 25.4 Å². The fraction of sp³-hybridized carbons (Fsp3) is 0.529. The van der Waals surface area contributed by atoms with E-state index in [1.165, 1.54) is 4.70 Å². The predicted molar refractivity (Wildman–Crippen MR) is 99.4 cm³/mol. The van der Waals surface area contributed by atoms with E-state index in [0.717, 1.165) is 50.2 Å². The van der Waals surface area contributed by atoms with E-state index in [-0.39, 0.29) is 0 Å². The van der Waals surface area contributed by atoms with E-state index in [9.17, 15) is 0 Å². The number of fused-ring (bicyclic) bond motifs is 1. The molecule has 0 saturated carbocycles. The maximum atomic E-state index is 5.21. The van der Waals surface area contributed by atoms with Crippen LogP contribution in [-0.2, 0) is 17.8 Å². The summed E-state index contributed by atoms with van der Waals surface area (Å²) in [5, 5.41) is 9.55. The first kappa shape index (κ1) is 17.3. The van der Waals surface area contributed by atoms with Crippen LogP contribution < -0.4 is 10.2 Å². The topological polar surface area (TPSA) is 89.2 Å². The summed E-state index contributed by atoms with van der Waals surface area (Å²) >= 11 is 1.71. The minimum Gasteiger partial charge on any atom is -0.377 e. The van der Waals surface area contributed by atoms with Gasteiger partial charge in [0.15, 0.2) is 5.82 Å². The van der Waals surface area contributed by atoms with Gasteiger partial charge in [-0.2, -0.15) is 4.98 Å². The molecule has 9 heteroatoms. The molecule has 3 aromatic rings. The largest absolute Gasteiger partial charge is 0.377 e. The highest BCUT2D eigenvalue weighted by Gasteiger charge is 2.21. The molecule has 1 aliphatic heterocycles. The van der Waals surface area contributed by atoms with Crippen LogP contribution in [0.25, 0.3) is 10.2 Å². The second-order valence-electron chi connectivity index (χ2n) is 6.34. The molecule has 0 bridgehead atoms. The van der Waals surface area contributed by atoms with Crippen LogP contribution in [0.3, 0.4) is 0 Å². The highest BCUT2D eigenvalue weighted by Crippen LogP contribution is 2.29. The van der Waals surface area contributed by atoms with Crippen LogP contribution in [0, 0.1) is 0 Å². The lowest BCUT2D eigenvalue weighted by Gasteiger charge is -2.33. The molecule has 0 aromatic carbocycles. The molecule has 8 nitrogen and oxygen atoms in total. The van der Waals surface area contributed by atoms with Crippen molar-refractivity contribution in [3.63, 3.8) is 0 Å². The Morgan fingerprint density at radius 3 is 3.08 bits per heavy atom. The van der Waals surface area contributed by atoms with E-state index >= 15 is 0 Å². The smallest absolute Gasteiger partial charge is 0.228 e. The maximum absolute atomic E-state index is 5.21. The van der Waals surface area contributed by atoms with Gasteiger partial charge in [-0.1, -0.05) is 5.16 Å². The number of ether oxygens (including phenoxy) is 1. The summed E-state index contributed by atoms with van der Waals surface area (Å²) in [6.45, 7) is 3.22. The molecule has 1 N–H and O–H groups in total. The van der Waals surface area contributed by atoms with E-state index in [4.69, 9.17) is 9.26 Å². The summed E-state index contributed by atoms with van der Waals surface area (Å²) < 4.78 is 11.4. The number of nitrogens with zero attached hydrogens (tertiary/aromatic N) is 5. The Hall–Kier alpha value is -2.10. The van der Waals surface area contributed by atoms with Crippen molar-refractivity contribution in [3.8, 4) is 0 Å². The van der Waals surface area contributed by atoms with Crippen molar-refractivity contribution >= 4 is 27.4 Å². The SMILES string of the molecule is COCc1noc(CCNC2CCN(c3ncnc4ccsc34)CC2)n1. The van der Waals surface area contributed by atoms with Crippen molar-refractivity contribution in [3.05, 3.63) is 29.5 Å². The zero-order chi connectivity index (χ0) is 17.8. The fourth-order valence-electron chi connectivity index (χ4n) is 3.26. The summed E-state index contributed by atoms with van der Waals surface area (Å²) in [4.78, 5) is 15.5. The molecular formula is C17H22N6O2S. The molecule has 26 heavy (non-hydrogen) atoms. The summed E-state index contributed by atoms with van der Waals surface area (Å²) in [6.07, 6.45) is 4.58. The molecule has 3 aromatic heterocycles. The summed E-state index contributed by atoms with van der Waals surface area (Å²) in [5.41, 5.74) is 1.03. The third-order valence-corrected chi connectivity index (χ3v) is 5.47. The van der Waals surface area contributed by atoms with Crippen LogP contribution in [0.4, 0.5) is 5.82 Å². The molecule has 1 fully saturated rings. The predicted octanol–water partition coefficient (Wildman–Crippen LogP) is 2.02. The number of hydrogen-bond donors (Lipinski definition) is 1. The van der Waals surface area contributed by atoms with Crippen LogP contribution in [0.1, 0.15) is 24.6 Å². The Morgan fingerprint density at radius 2 is 2.23 bits per heavy atom. The Labute approximate surface area is 155 Å². The molecule has 1 saturated heterocycles. The lowest BCUT2D eigenvalue weighted by atomic mass is 10.0. The maximum Gasteiger partial charge on any atom is 0.228 e. The van der Waals surface area contributed by atoms with Crippen LogP contribution >= 0.6 is 11.3 Å². The van der Waals surface area contributed by atoms with Gasteiger partial charge in [0.2, 0.25) is 5.89 Å². The van der Waals surface area contributed by atoms with Crippen LogP contribution in [0.15, 0.2) is 22.3 Å². The lowest BCUT2D eigenvalue weighted by Crippen LogP contribution is -2.43. The number of rotatable bonds is 7. The Morgan fingerprint density at radius 1 is 1.35 bits per heavy atom. The van der Waals surface area contributed by atoms with Gasteiger partial charge in [-0.05, 0) is 24.3 Å². The van der Waals surface area contributed by atoms with Crippen molar-refractivity contribution in [2.45, 2.75) is 31.9 Å². The Bertz CT molecular complexity index is 843. The summed E-state index contributed by atoms with van der Waals surface area (Å²) in [6, 6.07) is 2.56. The molecule has 4 heterocycles. The van der Waals surface area contributed by atoms with Gasteiger partial charge in [0.1, 0.15) is 18.8 Å². The van der Waals surface area contributed by atoms with E-state index < -0.39 is 0 Å². The van der Waals surface area contributed by atoms with Crippen molar-refractivity contribution < 1.29 is 9.26 Å². The third kappa shape index (κ3) is 3.84. The number of nitrogens with one attached hydrogen (secondary N) is 1. The van der Waals surface area contributed by atoms with Crippen molar-refractivity contribution in [1.29, 1.82) is 0 Å². The van der Waals surface area contributed by atoms with Gasteiger partial charge in [0.25, 0.3) is 0 Å². The van der Waals surface area contributed by atoms with E-state index in [2.05, 4.69) is 41.8 Å². The zero-order valence-corrected chi connectivity index (χ0v) is 15.5. The number of piperidine rings is 1.